The summed E-state index contributed by atoms with van der Waals surface area (Å²) in [5, 5.41) is 0.693. The van der Waals surface area contributed by atoms with E-state index in [0.29, 0.717) is 11.4 Å². The molecule has 4 heteroatoms. The van der Waals surface area contributed by atoms with Gasteiger partial charge in [0.05, 0.1) is 7.11 Å². The Morgan fingerprint density at radius 1 is 1.25 bits per heavy atom. The largest absolute Gasteiger partial charge is 0.494 e. The summed E-state index contributed by atoms with van der Waals surface area (Å²) in [5.41, 5.74) is 8.93. The van der Waals surface area contributed by atoms with E-state index < -0.39 is 0 Å². The van der Waals surface area contributed by atoms with Gasteiger partial charge in [0, 0.05) is 11.1 Å². The van der Waals surface area contributed by atoms with E-state index in [0.717, 1.165) is 16.7 Å². The molecule has 2 aromatic rings. The highest BCUT2D eigenvalue weighted by atomic mass is 35.5. The summed E-state index contributed by atoms with van der Waals surface area (Å²) >= 11 is 6.09. The van der Waals surface area contributed by atoms with Crippen molar-refractivity contribution in [2.24, 2.45) is 5.73 Å². The van der Waals surface area contributed by atoms with E-state index in [1.807, 2.05) is 31.2 Å². The van der Waals surface area contributed by atoms with Gasteiger partial charge in [0.15, 0.2) is 11.6 Å². The number of rotatable bonds is 4. The highest BCUT2D eigenvalue weighted by molar-refractivity contribution is 6.31. The van der Waals surface area contributed by atoms with E-state index in [1.165, 1.54) is 13.2 Å². The third-order valence-corrected chi connectivity index (χ3v) is 3.70. The Labute approximate surface area is 123 Å². The van der Waals surface area contributed by atoms with Crippen LogP contribution in [0.3, 0.4) is 0 Å². The van der Waals surface area contributed by atoms with Gasteiger partial charge in [-0.25, -0.2) is 4.39 Å². The molecule has 0 aliphatic rings. The first kappa shape index (κ1) is 14.8. The molecule has 20 heavy (non-hydrogen) atoms. The van der Waals surface area contributed by atoms with E-state index in [2.05, 4.69) is 0 Å². The van der Waals surface area contributed by atoms with E-state index in [-0.39, 0.29) is 17.6 Å². The monoisotopic (exact) mass is 293 g/mol. The maximum atomic E-state index is 13.6. The minimum Gasteiger partial charge on any atom is -0.494 e. The zero-order valence-corrected chi connectivity index (χ0v) is 12.2. The second-order valence-electron chi connectivity index (χ2n) is 4.79. The van der Waals surface area contributed by atoms with Gasteiger partial charge in [-0.15, -0.1) is 0 Å². The van der Waals surface area contributed by atoms with Gasteiger partial charge < -0.3 is 10.5 Å². The lowest BCUT2D eigenvalue weighted by atomic mass is 9.98. The molecule has 2 nitrogen and oxygen atoms in total. The molecule has 106 valence electrons. The van der Waals surface area contributed by atoms with Crippen LogP contribution in [-0.2, 0) is 6.42 Å². The minimum absolute atomic E-state index is 0.221. The maximum Gasteiger partial charge on any atom is 0.165 e. The number of hydrogen-bond acceptors (Lipinski definition) is 2. The molecular weight excluding hydrogens is 277 g/mol. The Kier molecular flexibility index (Phi) is 4.63. The zero-order chi connectivity index (χ0) is 14.7. The molecule has 0 aromatic heterocycles. The molecule has 0 saturated heterocycles. The third-order valence-electron chi connectivity index (χ3n) is 3.30. The molecule has 0 spiro atoms. The number of methoxy groups -OCH3 is 1. The van der Waals surface area contributed by atoms with Crippen molar-refractivity contribution in [1.82, 2.24) is 0 Å². The first-order chi connectivity index (χ1) is 9.51. The van der Waals surface area contributed by atoms with Crippen LogP contribution in [0.5, 0.6) is 5.75 Å². The van der Waals surface area contributed by atoms with Crippen molar-refractivity contribution in [2.75, 3.05) is 7.11 Å². The topological polar surface area (TPSA) is 35.2 Å². The van der Waals surface area contributed by atoms with Crippen molar-refractivity contribution >= 4 is 11.6 Å². The van der Waals surface area contributed by atoms with Gasteiger partial charge >= 0.3 is 0 Å². The molecule has 0 bridgehead atoms. The predicted octanol–water partition coefficient (Wildman–Crippen LogP) is 4.04. The first-order valence-electron chi connectivity index (χ1n) is 6.35. The quantitative estimate of drug-likeness (QED) is 0.923. The highest BCUT2D eigenvalue weighted by Gasteiger charge is 2.11. The molecule has 1 unspecified atom stereocenters. The Morgan fingerprint density at radius 2 is 2.00 bits per heavy atom. The number of hydrogen-bond donors (Lipinski definition) is 1. The van der Waals surface area contributed by atoms with Crippen LogP contribution in [0.1, 0.15) is 22.7 Å². The molecule has 1 atom stereocenters. The number of halogens is 2. The minimum atomic E-state index is -0.376. The number of ether oxygens (including phenoxy) is 1. The summed E-state index contributed by atoms with van der Waals surface area (Å²) in [4.78, 5) is 0. The fourth-order valence-corrected chi connectivity index (χ4v) is 2.24. The summed E-state index contributed by atoms with van der Waals surface area (Å²) < 4.78 is 18.5. The van der Waals surface area contributed by atoms with Crippen LogP contribution in [0.4, 0.5) is 4.39 Å². The predicted molar refractivity (Wildman–Crippen MR) is 79.8 cm³/mol. The van der Waals surface area contributed by atoms with E-state index in [1.54, 1.807) is 6.07 Å². The smallest absolute Gasteiger partial charge is 0.165 e. The molecule has 0 aliphatic carbocycles. The van der Waals surface area contributed by atoms with Gasteiger partial charge in [-0.05, 0) is 48.2 Å². The summed E-state index contributed by atoms with van der Waals surface area (Å²) in [5.74, 6) is -0.139. The molecule has 2 N–H and O–H groups in total. The molecule has 0 amide bonds. The van der Waals surface area contributed by atoms with Crippen LogP contribution >= 0.6 is 11.6 Å². The highest BCUT2D eigenvalue weighted by Crippen LogP contribution is 2.24. The van der Waals surface area contributed by atoms with Crippen LogP contribution in [0.15, 0.2) is 36.4 Å². The van der Waals surface area contributed by atoms with Gasteiger partial charge in [-0.1, -0.05) is 29.8 Å². The van der Waals surface area contributed by atoms with E-state index in [4.69, 9.17) is 22.1 Å². The molecule has 0 saturated carbocycles. The summed E-state index contributed by atoms with van der Waals surface area (Å²) in [6.45, 7) is 1.94. The summed E-state index contributed by atoms with van der Waals surface area (Å²) in [6, 6.07) is 10.4. The number of nitrogens with two attached hydrogens (primary N) is 1. The molecule has 0 radical (unpaired) electrons. The van der Waals surface area contributed by atoms with Gasteiger partial charge in [-0.3, -0.25) is 0 Å². The van der Waals surface area contributed by atoms with Crippen molar-refractivity contribution < 1.29 is 9.13 Å². The van der Waals surface area contributed by atoms with Crippen LogP contribution in [0.25, 0.3) is 0 Å². The molecule has 2 aromatic carbocycles. The second-order valence-corrected chi connectivity index (χ2v) is 5.20. The van der Waals surface area contributed by atoms with Crippen molar-refractivity contribution in [3.8, 4) is 5.75 Å². The van der Waals surface area contributed by atoms with E-state index in [9.17, 15) is 4.39 Å². The lowest BCUT2D eigenvalue weighted by Crippen LogP contribution is -2.13. The van der Waals surface area contributed by atoms with Crippen LogP contribution in [0.2, 0.25) is 5.02 Å². The second kappa shape index (κ2) is 6.25. The van der Waals surface area contributed by atoms with Crippen LogP contribution in [0, 0.1) is 12.7 Å². The average molecular weight is 294 g/mol. The fraction of sp³-hybridized carbons (Fsp3) is 0.250. The fourth-order valence-electron chi connectivity index (χ4n) is 2.05. The lowest BCUT2D eigenvalue weighted by molar-refractivity contribution is 0.386. The zero-order valence-electron chi connectivity index (χ0n) is 11.5. The van der Waals surface area contributed by atoms with Gasteiger partial charge in [0.25, 0.3) is 0 Å². The van der Waals surface area contributed by atoms with Gasteiger partial charge in [-0.2, -0.15) is 0 Å². The number of benzene rings is 2. The SMILES string of the molecule is COc1ccc(CC(N)c2ccc(C)c(Cl)c2)cc1F. The normalized spacial score (nSPS) is 12.2. The van der Waals surface area contributed by atoms with Crippen LogP contribution in [-0.4, -0.2) is 7.11 Å². The first-order valence-corrected chi connectivity index (χ1v) is 6.73. The Morgan fingerprint density at radius 3 is 2.60 bits per heavy atom. The van der Waals surface area contributed by atoms with E-state index >= 15 is 0 Å². The molecule has 0 fully saturated rings. The van der Waals surface area contributed by atoms with Gasteiger partial charge in [0.2, 0.25) is 0 Å². The molecule has 0 heterocycles. The lowest BCUT2D eigenvalue weighted by Gasteiger charge is -2.14. The Bertz CT molecular complexity index is 615. The van der Waals surface area contributed by atoms with Crippen molar-refractivity contribution in [3.05, 3.63) is 63.9 Å². The Balaban J connectivity index is 2.16. The summed E-state index contributed by atoms with van der Waals surface area (Å²) in [7, 11) is 1.44. The van der Waals surface area contributed by atoms with Gasteiger partial charge in [0.1, 0.15) is 0 Å². The van der Waals surface area contributed by atoms with Crippen LogP contribution < -0.4 is 10.5 Å². The third kappa shape index (κ3) is 3.30. The Hall–Kier alpha value is -1.58. The average Bonchev–Trinajstić information content (AvgIpc) is 2.42. The molecule has 2 rings (SSSR count). The standard InChI is InChI=1S/C16H17ClFNO/c1-10-3-5-12(9-13(10)17)15(19)8-11-4-6-16(20-2)14(18)7-11/h3-7,9,15H,8,19H2,1-2H3. The van der Waals surface area contributed by atoms with Crippen molar-refractivity contribution in [1.29, 1.82) is 0 Å². The summed E-state index contributed by atoms with van der Waals surface area (Å²) in [6.07, 6.45) is 0.542. The maximum absolute atomic E-state index is 13.6. The van der Waals surface area contributed by atoms with Crippen molar-refractivity contribution in [2.45, 2.75) is 19.4 Å². The number of aryl methyl sites for hydroxylation is 1. The molecule has 0 aliphatic heterocycles. The molecular formula is C16H17ClFNO. The van der Waals surface area contributed by atoms with Crippen molar-refractivity contribution in [3.63, 3.8) is 0 Å².